The number of carbonyl (C=O) groups excluding carboxylic acids is 4. The van der Waals surface area contributed by atoms with E-state index in [2.05, 4.69) is 5.32 Å². The first-order chi connectivity index (χ1) is 18.9. The van der Waals surface area contributed by atoms with E-state index < -0.39 is 17.7 Å². The van der Waals surface area contributed by atoms with Crippen LogP contribution in [0.15, 0.2) is 54.7 Å². The van der Waals surface area contributed by atoms with Gasteiger partial charge in [-0.3, -0.25) is 19.2 Å². The molecular formula is C31H37N3O5. The van der Waals surface area contributed by atoms with Gasteiger partial charge in [0, 0.05) is 35.9 Å². The minimum atomic E-state index is -0.615. The topological polar surface area (TPSA) is 97.7 Å². The molecule has 206 valence electrons. The Morgan fingerprint density at radius 3 is 2.44 bits per heavy atom. The van der Waals surface area contributed by atoms with E-state index in [4.69, 9.17) is 4.74 Å². The van der Waals surface area contributed by atoms with Crippen molar-refractivity contribution in [1.82, 2.24) is 9.47 Å². The second-order valence-corrected chi connectivity index (χ2v) is 10.1. The lowest BCUT2D eigenvalue weighted by Crippen LogP contribution is -2.38. The Morgan fingerprint density at radius 1 is 1.05 bits per heavy atom. The fourth-order valence-electron chi connectivity index (χ4n) is 4.94. The number of hydrogen-bond acceptors (Lipinski definition) is 5. The number of nitrogens with zero attached hydrogens (tertiary/aromatic N) is 2. The molecule has 0 unspecified atom stereocenters. The highest BCUT2D eigenvalue weighted by Crippen LogP contribution is 2.31. The zero-order chi connectivity index (χ0) is 27.9. The first-order valence-corrected chi connectivity index (χ1v) is 13.8. The van der Waals surface area contributed by atoms with Crippen LogP contribution in [0.5, 0.6) is 0 Å². The Morgan fingerprint density at radius 2 is 1.79 bits per heavy atom. The van der Waals surface area contributed by atoms with Gasteiger partial charge in [0.1, 0.15) is 6.54 Å². The van der Waals surface area contributed by atoms with Crippen LogP contribution in [0.25, 0.3) is 10.9 Å². The zero-order valence-corrected chi connectivity index (χ0v) is 22.9. The van der Waals surface area contributed by atoms with Gasteiger partial charge >= 0.3 is 5.97 Å². The Hall–Kier alpha value is -3.94. The van der Waals surface area contributed by atoms with E-state index in [9.17, 15) is 19.2 Å². The van der Waals surface area contributed by atoms with Crippen LogP contribution in [-0.4, -0.2) is 52.7 Å². The Bertz CT molecular complexity index is 1340. The monoisotopic (exact) mass is 531 g/mol. The molecule has 4 rings (SSSR count). The van der Waals surface area contributed by atoms with Crippen molar-refractivity contribution in [1.29, 1.82) is 0 Å². The van der Waals surface area contributed by atoms with E-state index in [1.807, 2.05) is 44.2 Å². The number of ketones is 1. The number of benzene rings is 2. The SMILES string of the molecule is CCCN(CC1CC1)C(=O)C(=O)c1cn(CC(=O)OCC)c2ccc(NC(=O)[C@@H](CC)c3ccccc3)cc12. The number of hydrogen-bond donors (Lipinski definition) is 1. The van der Waals surface area contributed by atoms with E-state index in [0.29, 0.717) is 42.0 Å². The molecule has 39 heavy (non-hydrogen) atoms. The maximum Gasteiger partial charge on any atom is 0.325 e. The normalized spacial score (nSPS) is 13.6. The molecule has 2 aromatic carbocycles. The number of carbonyl (C=O) groups is 4. The molecule has 1 fully saturated rings. The largest absolute Gasteiger partial charge is 0.465 e. The predicted molar refractivity (Wildman–Crippen MR) is 151 cm³/mol. The summed E-state index contributed by atoms with van der Waals surface area (Å²) in [5, 5.41) is 3.49. The van der Waals surface area contributed by atoms with Crippen LogP contribution in [0.1, 0.15) is 68.3 Å². The van der Waals surface area contributed by atoms with Crippen LogP contribution >= 0.6 is 0 Å². The van der Waals surface area contributed by atoms with Gasteiger partial charge in [-0.15, -0.1) is 0 Å². The number of rotatable bonds is 13. The van der Waals surface area contributed by atoms with Gasteiger partial charge in [-0.05, 0) is 62.3 Å². The quantitative estimate of drug-likeness (QED) is 0.186. The number of esters is 1. The van der Waals surface area contributed by atoms with Crippen molar-refractivity contribution in [2.24, 2.45) is 5.92 Å². The number of nitrogens with one attached hydrogen (secondary N) is 1. The van der Waals surface area contributed by atoms with Gasteiger partial charge in [0.15, 0.2) is 0 Å². The highest BCUT2D eigenvalue weighted by molar-refractivity contribution is 6.45. The van der Waals surface area contributed by atoms with Crippen molar-refractivity contribution in [2.45, 2.75) is 58.9 Å². The maximum absolute atomic E-state index is 13.6. The Labute approximate surface area is 229 Å². The third kappa shape index (κ3) is 6.74. The summed E-state index contributed by atoms with van der Waals surface area (Å²) in [5.74, 6) is -1.62. The van der Waals surface area contributed by atoms with Crippen molar-refractivity contribution >= 4 is 40.2 Å². The van der Waals surface area contributed by atoms with Crippen LogP contribution in [0.3, 0.4) is 0 Å². The molecule has 0 saturated heterocycles. The average molecular weight is 532 g/mol. The lowest BCUT2D eigenvalue weighted by atomic mass is 9.95. The molecule has 0 spiro atoms. The molecule has 0 aliphatic heterocycles. The summed E-state index contributed by atoms with van der Waals surface area (Å²) in [6.45, 7) is 6.92. The third-order valence-electron chi connectivity index (χ3n) is 7.08. The van der Waals surface area contributed by atoms with E-state index in [1.54, 1.807) is 40.8 Å². The highest BCUT2D eigenvalue weighted by atomic mass is 16.5. The number of Topliss-reactive ketones (excluding diaryl/α,β-unsaturated/α-hetero) is 1. The number of fused-ring (bicyclic) bond motifs is 1. The molecule has 1 heterocycles. The lowest BCUT2D eigenvalue weighted by molar-refractivity contribution is -0.143. The van der Waals surface area contributed by atoms with Gasteiger partial charge in [0.05, 0.1) is 18.1 Å². The molecule has 2 amide bonds. The van der Waals surface area contributed by atoms with Gasteiger partial charge in [0.25, 0.3) is 11.7 Å². The van der Waals surface area contributed by atoms with Crippen LogP contribution in [0.4, 0.5) is 5.69 Å². The van der Waals surface area contributed by atoms with Crippen LogP contribution < -0.4 is 5.32 Å². The first kappa shape index (κ1) is 28.1. The number of anilines is 1. The Kier molecular flexibility index (Phi) is 9.17. The van der Waals surface area contributed by atoms with Gasteiger partial charge in [0.2, 0.25) is 5.91 Å². The molecule has 1 saturated carbocycles. The fourth-order valence-corrected chi connectivity index (χ4v) is 4.94. The van der Waals surface area contributed by atoms with Crippen molar-refractivity contribution in [3.63, 3.8) is 0 Å². The fraction of sp³-hybridized carbons (Fsp3) is 0.419. The smallest absolute Gasteiger partial charge is 0.325 e. The summed E-state index contributed by atoms with van der Waals surface area (Å²) >= 11 is 0. The minimum Gasteiger partial charge on any atom is -0.465 e. The zero-order valence-electron chi connectivity index (χ0n) is 22.9. The molecule has 0 bridgehead atoms. The summed E-state index contributed by atoms with van der Waals surface area (Å²) in [7, 11) is 0. The number of aromatic nitrogens is 1. The summed E-state index contributed by atoms with van der Waals surface area (Å²) in [6, 6.07) is 14.8. The van der Waals surface area contributed by atoms with Gasteiger partial charge in [-0.1, -0.05) is 44.2 Å². The highest BCUT2D eigenvalue weighted by Gasteiger charge is 2.31. The van der Waals surface area contributed by atoms with Crippen LogP contribution in [-0.2, 0) is 25.7 Å². The summed E-state index contributed by atoms with van der Waals surface area (Å²) < 4.78 is 6.74. The second kappa shape index (κ2) is 12.7. The molecule has 1 N–H and O–H groups in total. The summed E-state index contributed by atoms with van der Waals surface area (Å²) in [6.07, 6.45) is 5.08. The van der Waals surface area contributed by atoms with Crippen molar-refractivity contribution in [3.05, 3.63) is 65.9 Å². The summed E-state index contributed by atoms with van der Waals surface area (Å²) in [5.41, 5.74) is 2.26. The molecule has 8 heteroatoms. The molecule has 1 aliphatic carbocycles. The maximum atomic E-state index is 13.6. The van der Waals surface area contributed by atoms with Crippen molar-refractivity contribution in [2.75, 3.05) is 25.0 Å². The average Bonchev–Trinajstić information content (AvgIpc) is 3.69. The number of amides is 2. The van der Waals surface area contributed by atoms with Crippen molar-refractivity contribution < 1.29 is 23.9 Å². The summed E-state index contributed by atoms with van der Waals surface area (Å²) in [4.78, 5) is 54.0. The minimum absolute atomic E-state index is 0.0931. The third-order valence-corrected chi connectivity index (χ3v) is 7.08. The van der Waals surface area contributed by atoms with Crippen LogP contribution in [0, 0.1) is 5.92 Å². The Balaban J connectivity index is 1.67. The first-order valence-electron chi connectivity index (χ1n) is 13.8. The molecule has 1 atom stereocenters. The van der Waals surface area contributed by atoms with Crippen LogP contribution in [0.2, 0.25) is 0 Å². The van der Waals surface area contributed by atoms with Gasteiger partial charge in [-0.2, -0.15) is 0 Å². The van der Waals surface area contributed by atoms with Crippen molar-refractivity contribution in [3.8, 4) is 0 Å². The standard InChI is InChI=1S/C31H37N3O5/c1-4-16-33(18-21-12-13-21)31(38)29(36)26-19-34(20-28(35)39-6-3)27-15-14-23(17-25(26)27)32-30(37)24(5-2)22-10-8-7-9-11-22/h7-11,14-15,17,19,21,24H,4-6,12-13,16,18,20H2,1-3H3,(H,32,37)/t24-/m0/s1. The molecular weight excluding hydrogens is 494 g/mol. The van der Waals surface area contributed by atoms with E-state index >= 15 is 0 Å². The van der Waals surface area contributed by atoms with E-state index in [0.717, 1.165) is 24.8 Å². The lowest BCUT2D eigenvalue weighted by Gasteiger charge is -2.21. The molecule has 1 aromatic heterocycles. The predicted octanol–water partition coefficient (Wildman–Crippen LogP) is 5.17. The van der Waals surface area contributed by atoms with E-state index in [-0.39, 0.29) is 30.5 Å². The molecule has 8 nitrogen and oxygen atoms in total. The molecule has 1 aliphatic rings. The molecule has 0 radical (unpaired) electrons. The van der Waals surface area contributed by atoms with E-state index in [1.165, 1.54) is 0 Å². The molecule has 3 aromatic rings. The van der Waals surface area contributed by atoms with Gasteiger partial charge in [-0.25, -0.2) is 0 Å². The van der Waals surface area contributed by atoms with Gasteiger partial charge < -0.3 is 19.5 Å². The second-order valence-electron chi connectivity index (χ2n) is 10.1. The number of ether oxygens (including phenoxy) is 1.